The van der Waals surface area contributed by atoms with Gasteiger partial charge in [-0.15, -0.1) is 11.3 Å². The summed E-state index contributed by atoms with van der Waals surface area (Å²) < 4.78 is 0. The molecule has 0 aliphatic rings. The second-order valence-electron chi connectivity index (χ2n) is 3.35. The normalized spacial score (nSPS) is 10.5. The van der Waals surface area contributed by atoms with Crippen LogP contribution in [0.3, 0.4) is 0 Å². The molecular weight excluding hydrogens is 224 g/mol. The van der Waals surface area contributed by atoms with Gasteiger partial charge in [0.05, 0.1) is 11.9 Å². The van der Waals surface area contributed by atoms with Crippen LogP contribution in [0.4, 0.5) is 0 Å². The fraction of sp³-hybridized carbons (Fsp3) is 0.200. The van der Waals surface area contributed by atoms with Crippen LogP contribution in [0.25, 0.3) is 0 Å². The van der Waals surface area contributed by atoms with E-state index >= 15 is 0 Å². The zero-order valence-corrected chi connectivity index (χ0v) is 9.38. The largest absolute Gasteiger partial charge is 0.366 e. The molecule has 0 spiro atoms. The van der Waals surface area contributed by atoms with Crippen molar-refractivity contribution in [1.82, 2.24) is 15.3 Å². The van der Waals surface area contributed by atoms with Crippen LogP contribution >= 0.6 is 11.3 Å². The van der Waals surface area contributed by atoms with Crippen molar-refractivity contribution in [2.75, 3.05) is 0 Å². The molecule has 0 aromatic carbocycles. The number of nitrogens with zero attached hydrogens (tertiary/aromatic N) is 1. The summed E-state index contributed by atoms with van der Waals surface area (Å²) in [7, 11) is 0. The Bertz CT molecular complexity index is 463. The Morgan fingerprint density at radius 3 is 3.06 bits per heavy atom. The summed E-state index contributed by atoms with van der Waals surface area (Å²) in [5.41, 5.74) is 6.77. The lowest BCUT2D eigenvalue weighted by Crippen LogP contribution is -2.12. The standard InChI is InChI=1S/C10H12N4OS/c11-10(15)7-1-9(16-5-7)4-12-2-8-3-13-6-14-8/h1,3,5-6,12H,2,4H2,(H2,11,15)(H,13,14). The molecule has 16 heavy (non-hydrogen) atoms. The third-order valence-electron chi connectivity index (χ3n) is 2.11. The predicted octanol–water partition coefficient (Wildman–Crippen LogP) is 0.860. The minimum absolute atomic E-state index is 0.379. The van der Waals surface area contributed by atoms with E-state index in [2.05, 4.69) is 15.3 Å². The quantitative estimate of drug-likeness (QED) is 0.720. The van der Waals surface area contributed by atoms with E-state index in [9.17, 15) is 4.79 Å². The van der Waals surface area contributed by atoms with Crippen LogP contribution in [0, 0.1) is 0 Å². The molecule has 0 aliphatic carbocycles. The van der Waals surface area contributed by atoms with E-state index in [1.54, 1.807) is 17.9 Å². The predicted molar refractivity (Wildman–Crippen MR) is 62.0 cm³/mol. The Hall–Kier alpha value is -1.66. The van der Waals surface area contributed by atoms with Gasteiger partial charge < -0.3 is 16.0 Å². The maximum absolute atomic E-state index is 10.9. The van der Waals surface area contributed by atoms with Gasteiger partial charge in [0.25, 0.3) is 0 Å². The van der Waals surface area contributed by atoms with Crippen molar-refractivity contribution < 1.29 is 4.79 Å². The first-order valence-corrected chi connectivity index (χ1v) is 5.69. The van der Waals surface area contributed by atoms with Crippen LogP contribution < -0.4 is 11.1 Å². The van der Waals surface area contributed by atoms with Gasteiger partial charge in [-0.25, -0.2) is 4.98 Å². The Balaban J connectivity index is 1.83. The van der Waals surface area contributed by atoms with Crippen molar-refractivity contribution in [3.05, 3.63) is 40.1 Å². The number of aromatic nitrogens is 2. The van der Waals surface area contributed by atoms with Gasteiger partial charge in [-0.1, -0.05) is 0 Å². The number of imidazole rings is 1. The highest BCUT2D eigenvalue weighted by atomic mass is 32.1. The van der Waals surface area contributed by atoms with Crippen molar-refractivity contribution in [2.24, 2.45) is 5.73 Å². The zero-order chi connectivity index (χ0) is 11.4. The van der Waals surface area contributed by atoms with Gasteiger partial charge in [-0.2, -0.15) is 0 Å². The van der Waals surface area contributed by atoms with Crippen molar-refractivity contribution in [3.63, 3.8) is 0 Å². The van der Waals surface area contributed by atoms with Crippen LogP contribution in [0.15, 0.2) is 24.0 Å². The van der Waals surface area contributed by atoms with Crippen molar-refractivity contribution in [2.45, 2.75) is 13.1 Å². The van der Waals surface area contributed by atoms with E-state index < -0.39 is 0 Å². The summed E-state index contributed by atoms with van der Waals surface area (Å²) in [4.78, 5) is 18.9. The molecule has 0 saturated carbocycles. The highest BCUT2D eigenvalue weighted by Crippen LogP contribution is 2.13. The number of nitrogens with two attached hydrogens (primary N) is 1. The molecule has 0 fully saturated rings. The second kappa shape index (κ2) is 4.91. The molecular formula is C10H12N4OS. The van der Waals surface area contributed by atoms with Gasteiger partial charge in [0, 0.05) is 35.2 Å². The number of hydrogen-bond donors (Lipinski definition) is 3. The van der Waals surface area contributed by atoms with Gasteiger partial charge in [0.1, 0.15) is 0 Å². The molecule has 2 aromatic rings. The van der Waals surface area contributed by atoms with E-state index in [-0.39, 0.29) is 5.91 Å². The number of carbonyl (C=O) groups excluding carboxylic acids is 1. The van der Waals surface area contributed by atoms with Crippen LogP contribution in [0.1, 0.15) is 20.9 Å². The minimum atomic E-state index is -0.379. The molecule has 0 saturated heterocycles. The summed E-state index contributed by atoms with van der Waals surface area (Å²) in [5, 5.41) is 5.02. The Labute approximate surface area is 96.7 Å². The first-order valence-electron chi connectivity index (χ1n) is 4.81. The molecule has 0 aliphatic heterocycles. The molecule has 0 unspecified atom stereocenters. The number of hydrogen-bond acceptors (Lipinski definition) is 4. The van der Waals surface area contributed by atoms with Crippen LogP contribution in [0.5, 0.6) is 0 Å². The molecule has 84 valence electrons. The van der Waals surface area contributed by atoms with Crippen molar-refractivity contribution in [3.8, 4) is 0 Å². The first-order chi connectivity index (χ1) is 7.75. The number of nitrogens with one attached hydrogen (secondary N) is 2. The van der Waals surface area contributed by atoms with Crippen LogP contribution in [-0.2, 0) is 13.1 Å². The average Bonchev–Trinajstić information content (AvgIpc) is 2.87. The molecule has 0 radical (unpaired) electrons. The van der Waals surface area contributed by atoms with Crippen molar-refractivity contribution in [1.29, 1.82) is 0 Å². The maximum atomic E-state index is 10.9. The maximum Gasteiger partial charge on any atom is 0.249 e. The number of aromatic amines is 1. The summed E-state index contributed by atoms with van der Waals surface area (Å²) in [6.45, 7) is 1.45. The van der Waals surface area contributed by atoms with E-state index in [0.717, 1.165) is 23.7 Å². The summed E-state index contributed by atoms with van der Waals surface area (Å²) in [6, 6.07) is 1.81. The summed E-state index contributed by atoms with van der Waals surface area (Å²) in [6.07, 6.45) is 3.42. The van der Waals surface area contributed by atoms with E-state index in [1.807, 2.05) is 6.07 Å². The van der Waals surface area contributed by atoms with E-state index in [4.69, 9.17) is 5.73 Å². The Morgan fingerprint density at radius 1 is 1.56 bits per heavy atom. The molecule has 1 amide bonds. The molecule has 5 nitrogen and oxygen atoms in total. The van der Waals surface area contributed by atoms with Gasteiger partial charge >= 0.3 is 0 Å². The SMILES string of the molecule is NC(=O)c1csc(CNCc2cnc[nH]2)c1. The number of amides is 1. The third kappa shape index (κ3) is 2.68. The fourth-order valence-corrected chi connectivity index (χ4v) is 2.15. The number of carbonyl (C=O) groups is 1. The molecule has 4 N–H and O–H groups in total. The molecule has 2 heterocycles. The molecule has 2 aromatic heterocycles. The van der Waals surface area contributed by atoms with Gasteiger partial charge in [0.15, 0.2) is 0 Å². The van der Waals surface area contributed by atoms with Crippen LogP contribution in [-0.4, -0.2) is 15.9 Å². The Kier molecular flexibility index (Phi) is 3.33. The molecule has 6 heteroatoms. The Morgan fingerprint density at radius 2 is 2.44 bits per heavy atom. The minimum Gasteiger partial charge on any atom is -0.366 e. The number of primary amides is 1. The molecule has 2 rings (SSSR count). The van der Waals surface area contributed by atoms with Gasteiger partial charge in [-0.3, -0.25) is 4.79 Å². The summed E-state index contributed by atoms with van der Waals surface area (Å²) >= 11 is 1.53. The highest BCUT2D eigenvalue weighted by molar-refractivity contribution is 7.10. The highest BCUT2D eigenvalue weighted by Gasteiger charge is 2.04. The first kappa shape index (κ1) is 10.8. The monoisotopic (exact) mass is 236 g/mol. The molecule has 0 bridgehead atoms. The van der Waals surface area contributed by atoms with Crippen molar-refractivity contribution >= 4 is 17.2 Å². The van der Waals surface area contributed by atoms with E-state index in [1.165, 1.54) is 11.3 Å². The summed E-state index contributed by atoms with van der Waals surface area (Å²) in [5.74, 6) is -0.379. The van der Waals surface area contributed by atoms with Crippen LogP contribution in [0.2, 0.25) is 0 Å². The van der Waals surface area contributed by atoms with Gasteiger partial charge in [0.2, 0.25) is 5.91 Å². The topological polar surface area (TPSA) is 83.8 Å². The number of thiophene rings is 1. The third-order valence-corrected chi connectivity index (χ3v) is 3.04. The second-order valence-corrected chi connectivity index (χ2v) is 4.34. The number of rotatable bonds is 5. The lowest BCUT2D eigenvalue weighted by atomic mass is 10.3. The lowest BCUT2D eigenvalue weighted by Gasteiger charge is -1.99. The smallest absolute Gasteiger partial charge is 0.249 e. The fourth-order valence-electron chi connectivity index (χ4n) is 1.30. The molecule has 0 atom stereocenters. The lowest BCUT2D eigenvalue weighted by molar-refractivity contribution is 0.100. The van der Waals surface area contributed by atoms with E-state index in [0.29, 0.717) is 5.56 Å². The van der Waals surface area contributed by atoms with Gasteiger partial charge in [-0.05, 0) is 6.07 Å². The number of H-pyrrole nitrogens is 1. The average molecular weight is 236 g/mol. The zero-order valence-electron chi connectivity index (χ0n) is 8.56.